The Morgan fingerprint density at radius 2 is 1.57 bits per heavy atom. The first kappa shape index (κ1) is 14.1. The minimum atomic E-state index is -4.32. The molecular weight excluding hydrogens is 307 g/mol. The third-order valence-corrected chi connectivity index (χ3v) is 6.46. The Labute approximate surface area is 132 Å². The van der Waals surface area contributed by atoms with Crippen LogP contribution in [0.3, 0.4) is 0 Å². The van der Waals surface area contributed by atoms with E-state index in [1.165, 1.54) is 18.6 Å². The Hall–Kier alpha value is -1.27. The van der Waals surface area contributed by atoms with Crippen molar-refractivity contribution in [2.45, 2.75) is 55.5 Å². The van der Waals surface area contributed by atoms with Crippen molar-refractivity contribution in [3.63, 3.8) is 0 Å². The maximum atomic E-state index is 12.6. The number of benzene rings is 1. The summed E-state index contributed by atoms with van der Waals surface area (Å²) in [5.74, 6) is 1.61. The van der Waals surface area contributed by atoms with E-state index in [1.54, 1.807) is 5.06 Å². The van der Waals surface area contributed by atoms with E-state index in [-0.39, 0.29) is 17.2 Å². The van der Waals surface area contributed by atoms with Crippen LogP contribution in [0.1, 0.15) is 37.7 Å². The summed E-state index contributed by atoms with van der Waals surface area (Å²) in [6.07, 6.45) is 0.448. The molecule has 0 radical (unpaired) electrons. The summed E-state index contributed by atoms with van der Waals surface area (Å²) in [5, 5.41) is 12.2. The van der Waals surface area contributed by atoms with Crippen LogP contribution in [0.25, 0.3) is 0 Å². The average molecular weight is 325 g/mol. The molecule has 124 valence electrons. The minimum absolute atomic E-state index is 0.0227. The van der Waals surface area contributed by atoms with Gasteiger partial charge in [-0.3, -0.25) is 0 Å². The zero-order chi connectivity index (χ0) is 16.0. The van der Waals surface area contributed by atoms with E-state index in [9.17, 15) is 18.4 Å². The Morgan fingerprint density at radius 1 is 1.00 bits per heavy atom. The summed E-state index contributed by atoms with van der Waals surface area (Å²) < 4.78 is 43.8. The quantitative estimate of drug-likeness (QED) is 0.896. The second-order valence-corrected chi connectivity index (χ2v) is 7.73. The van der Waals surface area contributed by atoms with Gasteiger partial charge in [-0.25, -0.2) is 0 Å². The molecule has 2 aliphatic heterocycles. The lowest BCUT2D eigenvalue weighted by atomic mass is 9.84. The third-order valence-electron chi connectivity index (χ3n) is 6.46. The van der Waals surface area contributed by atoms with E-state index < -0.39 is 11.7 Å². The maximum Gasteiger partial charge on any atom is 0.416 e. The van der Waals surface area contributed by atoms with E-state index in [2.05, 4.69) is 0 Å². The molecule has 4 unspecified atom stereocenters. The Kier molecular flexibility index (Phi) is 2.47. The molecule has 2 spiro atoms. The predicted octanol–water partition coefficient (Wildman–Crippen LogP) is 3.86. The number of ether oxygens (including phenoxy) is 1. The Balaban J connectivity index is 1.34. The molecule has 23 heavy (non-hydrogen) atoms. The van der Waals surface area contributed by atoms with Crippen molar-refractivity contribution in [2.24, 2.45) is 11.8 Å². The van der Waals surface area contributed by atoms with Gasteiger partial charge in [0.05, 0.1) is 16.6 Å². The zero-order valence-electron chi connectivity index (χ0n) is 12.5. The van der Waals surface area contributed by atoms with Gasteiger partial charge in [0.15, 0.2) is 0 Å². The fourth-order valence-electron chi connectivity index (χ4n) is 5.18. The van der Waals surface area contributed by atoms with Gasteiger partial charge in [0, 0.05) is 12.8 Å². The van der Waals surface area contributed by atoms with E-state index in [0.717, 1.165) is 37.8 Å². The molecule has 4 fully saturated rings. The number of hydrogen-bond acceptors (Lipinski definition) is 3. The van der Waals surface area contributed by atoms with Gasteiger partial charge in [-0.15, -0.1) is 0 Å². The second-order valence-electron chi connectivity index (χ2n) is 7.73. The first-order chi connectivity index (χ1) is 10.8. The van der Waals surface area contributed by atoms with Gasteiger partial charge in [0.25, 0.3) is 0 Å². The van der Waals surface area contributed by atoms with Crippen molar-refractivity contribution in [3.8, 4) is 5.75 Å². The molecule has 2 saturated carbocycles. The molecule has 0 amide bonds. The van der Waals surface area contributed by atoms with Gasteiger partial charge in [-0.05, 0) is 55.4 Å². The van der Waals surface area contributed by atoms with Gasteiger partial charge in [-0.2, -0.15) is 18.2 Å². The van der Waals surface area contributed by atoms with Crippen LogP contribution in [-0.4, -0.2) is 27.5 Å². The maximum absolute atomic E-state index is 12.6. The van der Waals surface area contributed by atoms with Crippen molar-refractivity contribution in [1.29, 1.82) is 0 Å². The third kappa shape index (κ3) is 1.85. The molecule has 4 aliphatic rings. The number of alkyl halides is 3. The van der Waals surface area contributed by atoms with Crippen LogP contribution in [-0.2, 0) is 6.18 Å². The van der Waals surface area contributed by atoms with Crippen LogP contribution in [0.4, 0.5) is 13.2 Å². The molecule has 2 heterocycles. The Morgan fingerprint density at radius 3 is 2.09 bits per heavy atom. The molecule has 1 N–H and O–H groups in total. The van der Waals surface area contributed by atoms with Crippen molar-refractivity contribution in [2.75, 3.05) is 0 Å². The lowest BCUT2D eigenvalue weighted by molar-refractivity contribution is -0.231. The number of hydrogen-bond donors (Lipinski definition) is 1. The molecule has 2 saturated heterocycles. The normalized spacial score (nSPS) is 44.3. The first-order valence-corrected chi connectivity index (χ1v) is 8.17. The van der Waals surface area contributed by atoms with Crippen molar-refractivity contribution >= 4 is 0 Å². The van der Waals surface area contributed by atoms with Gasteiger partial charge < -0.3 is 9.94 Å². The van der Waals surface area contributed by atoms with Crippen LogP contribution < -0.4 is 4.74 Å². The SMILES string of the molecule is ON1C23CC(Oc4ccc(C(F)(F)F)cc4)CC14CC4CC2C3. The van der Waals surface area contributed by atoms with E-state index in [1.807, 2.05) is 0 Å². The summed E-state index contributed by atoms with van der Waals surface area (Å²) in [6, 6.07) is 4.92. The fraction of sp³-hybridized carbons (Fsp3) is 0.647. The van der Waals surface area contributed by atoms with Gasteiger partial charge in [0.1, 0.15) is 11.9 Å². The number of hydroxylamine groups is 2. The highest BCUT2D eigenvalue weighted by molar-refractivity contribution is 5.32. The largest absolute Gasteiger partial charge is 0.490 e. The first-order valence-electron chi connectivity index (χ1n) is 8.17. The van der Waals surface area contributed by atoms with Gasteiger partial charge >= 0.3 is 6.18 Å². The lowest BCUT2D eigenvalue weighted by Crippen LogP contribution is -2.57. The standard InChI is InChI=1S/C17H18F3NO2/c18-17(19,20)10-1-3-13(4-2-10)23-14-8-15-6-11(15)5-12-7-16(12,9-14)21(15)22/h1-4,11-12,14,22H,5-9H2. The van der Waals surface area contributed by atoms with E-state index in [0.29, 0.717) is 17.6 Å². The summed E-state index contributed by atoms with van der Waals surface area (Å²) in [7, 11) is 0. The van der Waals surface area contributed by atoms with Crippen LogP contribution in [0.5, 0.6) is 5.75 Å². The Bertz CT molecular complexity index is 635. The fourth-order valence-corrected chi connectivity index (χ4v) is 5.18. The summed E-state index contributed by atoms with van der Waals surface area (Å²) >= 11 is 0. The van der Waals surface area contributed by atoms with Gasteiger partial charge in [-0.1, -0.05) is 0 Å². The molecule has 5 rings (SSSR count). The number of nitrogens with zero attached hydrogens (tertiary/aromatic N) is 1. The number of piperidine rings is 2. The molecule has 6 heteroatoms. The molecular formula is C17H18F3NO2. The molecule has 2 bridgehead atoms. The molecule has 1 aromatic rings. The highest BCUT2D eigenvalue weighted by atomic mass is 19.4. The summed E-state index contributed by atoms with van der Waals surface area (Å²) in [5.41, 5.74) is -0.905. The number of rotatable bonds is 2. The highest BCUT2D eigenvalue weighted by Crippen LogP contribution is 2.73. The molecule has 2 aliphatic carbocycles. The van der Waals surface area contributed by atoms with Crippen LogP contribution in [0, 0.1) is 11.8 Å². The number of halogens is 3. The second kappa shape index (κ2) is 4.03. The lowest BCUT2D eigenvalue weighted by Gasteiger charge is -2.46. The minimum Gasteiger partial charge on any atom is -0.490 e. The van der Waals surface area contributed by atoms with E-state index >= 15 is 0 Å². The highest BCUT2D eigenvalue weighted by Gasteiger charge is 2.78. The smallest absolute Gasteiger partial charge is 0.416 e. The van der Waals surface area contributed by atoms with Crippen LogP contribution in [0.15, 0.2) is 24.3 Å². The average Bonchev–Trinajstić information content (AvgIpc) is 3.34. The topological polar surface area (TPSA) is 32.7 Å². The monoisotopic (exact) mass is 325 g/mol. The van der Waals surface area contributed by atoms with Crippen LogP contribution >= 0.6 is 0 Å². The summed E-state index contributed by atoms with van der Waals surface area (Å²) in [6.45, 7) is 0. The van der Waals surface area contributed by atoms with Crippen molar-refractivity contribution in [3.05, 3.63) is 29.8 Å². The van der Waals surface area contributed by atoms with Crippen molar-refractivity contribution < 1.29 is 23.1 Å². The van der Waals surface area contributed by atoms with E-state index in [4.69, 9.17) is 4.74 Å². The zero-order valence-corrected chi connectivity index (χ0v) is 12.5. The molecule has 1 aromatic carbocycles. The van der Waals surface area contributed by atoms with Gasteiger partial charge in [0.2, 0.25) is 0 Å². The predicted molar refractivity (Wildman–Crippen MR) is 75.0 cm³/mol. The molecule has 0 aromatic heterocycles. The van der Waals surface area contributed by atoms with Crippen molar-refractivity contribution in [1.82, 2.24) is 5.06 Å². The molecule has 3 nitrogen and oxygen atoms in total. The van der Waals surface area contributed by atoms with Crippen LogP contribution in [0.2, 0.25) is 0 Å². The molecule has 4 atom stereocenters. The summed E-state index contributed by atoms with van der Waals surface area (Å²) in [4.78, 5) is 0.